The van der Waals surface area contributed by atoms with E-state index in [9.17, 15) is 19.2 Å². The van der Waals surface area contributed by atoms with Crippen LogP contribution in [-0.4, -0.2) is 57.9 Å². The molecule has 160 valence electrons. The minimum atomic E-state index is -0.674. The summed E-state index contributed by atoms with van der Waals surface area (Å²) >= 11 is 0. The molecule has 3 heterocycles. The van der Waals surface area contributed by atoms with E-state index in [2.05, 4.69) is 10.2 Å². The number of aldehydes is 1. The average molecular weight is 414 g/mol. The molecular weight excluding hydrogens is 388 g/mol. The first kappa shape index (κ1) is 20.5. The van der Waals surface area contributed by atoms with Crippen molar-refractivity contribution >= 4 is 29.1 Å². The number of fused-ring (bicyclic) bond motifs is 1. The van der Waals surface area contributed by atoms with Gasteiger partial charge in [-0.2, -0.15) is 0 Å². The Bertz CT molecular complexity index is 1040. The zero-order chi connectivity index (χ0) is 21.3. The predicted octanol–water partition coefficient (Wildman–Crippen LogP) is 0.498. The second-order valence-electron chi connectivity index (χ2n) is 7.97. The van der Waals surface area contributed by atoms with E-state index >= 15 is 0 Å². The fourth-order valence-corrected chi connectivity index (χ4v) is 4.35. The van der Waals surface area contributed by atoms with Gasteiger partial charge < -0.3 is 9.53 Å². The van der Waals surface area contributed by atoms with Crippen LogP contribution in [0.1, 0.15) is 37.3 Å². The normalized spacial score (nSPS) is 22.6. The molecule has 9 heteroatoms. The Hall–Kier alpha value is -2.78. The number of hydrogen-bond acceptors (Lipinski definition) is 6. The molecule has 0 spiro atoms. The van der Waals surface area contributed by atoms with Gasteiger partial charge in [-0.25, -0.2) is 4.79 Å². The van der Waals surface area contributed by atoms with Crippen molar-refractivity contribution in [3.05, 3.63) is 34.2 Å². The Morgan fingerprint density at radius 3 is 2.80 bits per heavy atom. The summed E-state index contributed by atoms with van der Waals surface area (Å²) in [5, 5.41) is 2.33. The van der Waals surface area contributed by atoms with Crippen LogP contribution < -0.4 is 11.0 Å². The molecule has 1 aromatic heterocycles. The fourth-order valence-electron chi connectivity index (χ4n) is 4.35. The van der Waals surface area contributed by atoms with Crippen molar-refractivity contribution in [2.45, 2.75) is 44.4 Å². The van der Waals surface area contributed by atoms with Crippen molar-refractivity contribution in [3.8, 4) is 0 Å². The number of carbonyl (C=O) groups excluding carboxylic acids is 3. The van der Waals surface area contributed by atoms with Crippen molar-refractivity contribution in [2.75, 3.05) is 19.7 Å². The summed E-state index contributed by atoms with van der Waals surface area (Å²) in [5.74, 6) is -0.728. The third-order valence-corrected chi connectivity index (χ3v) is 5.90. The van der Waals surface area contributed by atoms with E-state index in [1.807, 2.05) is 18.2 Å². The number of carbonyl (C=O) groups is 3. The molecule has 2 atom stereocenters. The van der Waals surface area contributed by atoms with Crippen LogP contribution in [0.4, 0.5) is 0 Å². The lowest BCUT2D eigenvalue weighted by atomic mass is 10.1. The van der Waals surface area contributed by atoms with Gasteiger partial charge >= 0.3 is 5.69 Å². The number of ether oxygens (including phenoxy) is 1. The average Bonchev–Trinajstić information content (AvgIpc) is 3.26. The number of rotatable bonds is 7. The van der Waals surface area contributed by atoms with Crippen molar-refractivity contribution < 1.29 is 19.1 Å². The molecule has 1 unspecified atom stereocenters. The van der Waals surface area contributed by atoms with E-state index in [-0.39, 0.29) is 24.1 Å². The van der Waals surface area contributed by atoms with E-state index in [1.54, 1.807) is 11.6 Å². The topological polar surface area (TPSA) is 103 Å². The van der Waals surface area contributed by atoms with Gasteiger partial charge in [-0.1, -0.05) is 6.07 Å². The van der Waals surface area contributed by atoms with Crippen LogP contribution in [0.25, 0.3) is 11.0 Å². The maximum atomic E-state index is 12.8. The van der Waals surface area contributed by atoms with Crippen molar-refractivity contribution in [2.24, 2.45) is 7.05 Å². The lowest BCUT2D eigenvalue weighted by Crippen LogP contribution is -2.44. The van der Waals surface area contributed by atoms with E-state index in [0.717, 1.165) is 43.4 Å². The zero-order valence-electron chi connectivity index (χ0n) is 17.0. The van der Waals surface area contributed by atoms with Gasteiger partial charge in [0.1, 0.15) is 12.3 Å². The highest BCUT2D eigenvalue weighted by molar-refractivity contribution is 6.00. The second-order valence-corrected chi connectivity index (χ2v) is 7.97. The molecule has 0 bridgehead atoms. The first-order valence-electron chi connectivity index (χ1n) is 10.3. The number of likely N-dealkylation sites (tertiary alicyclic amines) is 1. The maximum absolute atomic E-state index is 12.8. The van der Waals surface area contributed by atoms with Crippen LogP contribution >= 0.6 is 0 Å². The first-order chi connectivity index (χ1) is 14.5. The Morgan fingerprint density at radius 2 is 2.03 bits per heavy atom. The summed E-state index contributed by atoms with van der Waals surface area (Å²) in [6.45, 7) is 2.93. The molecule has 0 radical (unpaired) electrons. The van der Waals surface area contributed by atoms with Crippen molar-refractivity contribution in [3.63, 3.8) is 0 Å². The number of piperidine rings is 1. The Labute approximate surface area is 173 Å². The molecule has 0 saturated carbocycles. The Morgan fingerprint density at radius 1 is 1.20 bits per heavy atom. The number of nitrogens with zero attached hydrogens (tertiary/aromatic N) is 3. The molecule has 2 aromatic rings. The molecule has 1 aromatic carbocycles. The SMILES string of the molecule is Cn1c(=O)n(C2CCC(=O)NC2=O)c2ccc(CN3CC[C@H](OCCC=O)C3)cc21. The van der Waals surface area contributed by atoms with Crippen LogP contribution in [0.15, 0.2) is 23.0 Å². The summed E-state index contributed by atoms with van der Waals surface area (Å²) in [4.78, 5) is 49.3. The number of benzene rings is 1. The number of aromatic nitrogens is 2. The zero-order valence-corrected chi connectivity index (χ0v) is 17.0. The molecule has 2 aliphatic heterocycles. The van der Waals surface area contributed by atoms with Gasteiger partial charge in [-0.05, 0) is 30.5 Å². The monoisotopic (exact) mass is 414 g/mol. The number of imide groups is 1. The van der Waals surface area contributed by atoms with E-state index in [4.69, 9.17) is 4.74 Å². The van der Waals surface area contributed by atoms with Crippen LogP contribution in [0, 0.1) is 0 Å². The van der Waals surface area contributed by atoms with Crippen molar-refractivity contribution in [1.29, 1.82) is 0 Å². The number of nitrogens with one attached hydrogen (secondary N) is 1. The van der Waals surface area contributed by atoms with Crippen LogP contribution in [0.3, 0.4) is 0 Å². The molecule has 2 amide bonds. The summed E-state index contributed by atoms with van der Waals surface area (Å²) in [6.07, 6.45) is 2.92. The molecule has 2 saturated heterocycles. The Balaban J connectivity index is 1.52. The lowest BCUT2D eigenvalue weighted by molar-refractivity contribution is -0.135. The minimum Gasteiger partial charge on any atom is -0.376 e. The van der Waals surface area contributed by atoms with Crippen LogP contribution in [-0.2, 0) is 32.7 Å². The Kier molecular flexibility index (Phi) is 5.83. The van der Waals surface area contributed by atoms with E-state index in [0.29, 0.717) is 25.0 Å². The highest BCUT2D eigenvalue weighted by Gasteiger charge is 2.31. The van der Waals surface area contributed by atoms with Gasteiger partial charge in [-0.15, -0.1) is 0 Å². The quantitative estimate of drug-likeness (QED) is 0.402. The van der Waals surface area contributed by atoms with Crippen LogP contribution in [0.2, 0.25) is 0 Å². The van der Waals surface area contributed by atoms with Gasteiger partial charge in [0.25, 0.3) is 0 Å². The molecule has 0 aliphatic carbocycles. The molecule has 2 fully saturated rings. The predicted molar refractivity (Wildman–Crippen MR) is 109 cm³/mol. The van der Waals surface area contributed by atoms with Gasteiger partial charge in [0.05, 0.1) is 23.7 Å². The second kappa shape index (κ2) is 8.53. The third-order valence-electron chi connectivity index (χ3n) is 5.90. The third kappa shape index (κ3) is 3.95. The highest BCUT2D eigenvalue weighted by atomic mass is 16.5. The number of aryl methyl sites for hydroxylation is 1. The molecule has 9 nitrogen and oxygen atoms in total. The summed E-state index contributed by atoms with van der Waals surface area (Å²) in [7, 11) is 1.70. The molecule has 2 aliphatic rings. The van der Waals surface area contributed by atoms with Gasteiger partial charge in [-0.3, -0.25) is 28.9 Å². The number of hydrogen-bond donors (Lipinski definition) is 1. The summed E-state index contributed by atoms with van der Waals surface area (Å²) in [6, 6.07) is 5.17. The van der Waals surface area contributed by atoms with Crippen molar-refractivity contribution in [1.82, 2.24) is 19.4 Å². The summed E-state index contributed by atoms with van der Waals surface area (Å²) < 4.78 is 8.77. The standard InChI is InChI=1S/C21H26N4O5/c1-23-18-11-14(12-24-8-7-15(13-24)30-10-2-9-26)3-4-16(18)25(21(23)29)17-5-6-19(27)22-20(17)28/h3-4,9,11,15,17H,2,5-8,10,12-13H2,1H3,(H,22,27,28)/t15-,17?/m0/s1. The van der Waals surface area contributed by atoms with Gasteiger partial charge in [0, 0.05) is 39.5 Å². The molecule has 1 N–H and O–H groups in total. The fraction of sp³-hybridized carbons (Fsp3) is 0.524. The van der Waals surface area contributed by atoms with Gasteiger partial charge in [0.2, 0.25) is 11.8 Å². The first-order valence-corrected chi connectivity index (χ1v) is 10.3. The molecule has 4 rings (SSSR count). The number of amides is 2. The van der Waals surface area contributed by atoms with Crippen LogP contribution in [0.5, 0.6) is 0 Å². The maximum Gasteiger partial charge on any atom is 0.329 e. The number of imidazole rings is 1. The highest BCUT2D eigenvalue weighted by Crippen LogP contribution is 2.25. The molecular formula is C21H26N4O5. The smallest absolute Gasteiger partial charge is 0.329 e. The van der Waals surface area contributed by atoms with E-state index < -0.39 is 11.9 Å². The minimum absolute atomic E-state index is 0.145. The van der Waals surface area contributed by atoms with Gasteiger partial charge in [0.15, 0.2) is 0 Å². The largest absolute Gasteiger partial charge is 0.376 e. The van der Waals surface area contributed by atoms with E-state index in [1.165, 1.54) is 4.57 Å². The lowest BCUT2D eigenvalue weighted by Gasteiger charge is -2.22. The summed E-state index contributed by atoms with van der Waals surface area (Å²) in [5.41, 5.74) is 2.27. The molecule has 30 heavy (non-hydrogen) atoms.